The Balaban J connectivity index is 2.91. The first-order chi connectivity index (χ1) is 9.08. The highest BCUT2D eigenvalue weighted by atomic mass is 79.9. The van der Waals surface area contributed by atoms with E-state index >= 15 is 0 Å². The molecule has 0 unspecified atom stereocenters. The number of nitrogens with one attached hydrogen (secondary N) is 2. The van der Waals surface area contributed by atoms with Gasteiger partial charge in [0.25, 0.3) is 0 Å². The number of carbonyl (C=O) groups is 2. The highest BCUT2D eigenvalue weighted by molar-refractivity contribution is 9.10. The van der Waals surface area contributed by atoms with E-state index in [0.717, 1.165) is 6.07 Å². The van der Waals surface area contributed by atoms with Crippen molar-refractivity contribution in [2.75, 3.05) is 10.6 Å². The third kappa shape index (κ3) is 5.16. The zero-order chi connectivity index (χ0) is 15.5. The van der Waals surface area contributed by atoms with Crippen LogP contribution in [-0.4, -0.2) is 17.6 Å². The van der Waals surface area contributed by atoms with Gasteiger partial charge in [0.1, 0.15) is 11.4 Å². The largest absolute Gasteiger partial charge is 0.444 e. The highest BCUT2D eigenvalue weighted by Crippen LogP contribution is 2.30. The van der Waals surface area contributed by atoms with Gasteiger partial charge in [-0.25, -0.2) is 9.18 Å². The summed E-state index contributed by atoms with van der Waals surface area (Å²) in [6.45, 7) is 6.44. The van der Waals surface area contributed by atoms with Gasteiger partial charge >= 0.3 is 6.09 Å². The molecule has 0 saturated carbocycles. The van der Waals surface area contributed by atoms with Crippen molar-refractivity contribution in [2.45, 2.75) is 33.3 Å². The Morgan fingerprint density at radius 3 is 2.30 bits per heavy atom. The number of ether oxygens (including phenoxy) is 1. The fourth-order valence-electron chi connectivity index (χ4n) is 1.37. The van der Waals surface area contributed by atoms with E-state index < -0.39 is 17.5 Å². The van der Waals surface area contributed by atoms with Crippen molar-refractivity contribution < 1.29 is 18.7 Å². The Morgan fingerprint density at radius 1 is 1.25 bits per heavy atom. The zero-order valence-electron chi connectivity index (χ0n) is 11.6. The monoisotopic (exact) mass is 346 g/mol. The number of halogens is 2. The molecule has 5 nitrogen and oxygen atoms in total. The van der Waals surface area contributed by atoms with E-state index in [0.29, 0.717) is 4.47 Å². The SMILES string of the molecule is CC(=O)Nc1cc(F)c(NC(=O)OC(C)(C)C)c(Br)c1. The summed E-state index contributed by atoms with van der Waals surface area (Å²) in [7, 11) is 0. The third-order valence-electron chi connectivity index (χ3n) is 1.99. The Bertz CT molecular complexity index is 518. The van der Waals surface area contributed by atoms with Crippen molar-refractivity contribution >= 4 is 39.3 Å². The lowest BCUT2D eigenvalue weighted by atomic mass is 10.2. The van der Waals surface area contributed by atoms with Gasteiger partial charge in [0, 0.05) is 17.1 Å². The molecule has 1 rings (SSSR count). The van der Waals surface area contributed by atoms with Crippen LogP contribution in [0.3, 0.4) is 0 Å². The van der Waals surface area contributed by atoms with Crippen molar-refractivity contribution in [2.24, 2.45) is 0 Å². The van der Waals surface area contributed by atoms with Gasteiger partial charge in [-0.3, -0.25) is 10.1 Å². The number of hydrogen-bond acceptors (Lipinski definition) is 3. The Labute approximate surface area is 125 Å². The van der Waals surface area contributed by atoms with Crippen LogP contribution in [0.5, 0.6) is 0 Å². The maximum atomic E-state index is 13.9. The van der Waals surface area contributed by atoms with Gasteiger partial charge in [-0.05, 0) is 48.8 Å². The van der Waals surface area contributed by atoms with Crippen LogP contribution in [0.4, 0.5) is 20.6 Å². The van der Waals surface area contributed by atoms with Gasteiger partial charge in [-0.1, -0.05) is 0 Å². The van der Waals surface area contributed by atoms with Crippen molar-refractivity contribution in [1.82, 2.24) is 0 Å². The summed E-state index contributed by atoms with van der Waals surface area (Å²) in [5, 5.41) is 4.77. The average molecular weight is 347 g/mol. The Kier molecular flexibility index (Phi) is 5.10. The molecule has 2 amide bonds. The molecule has 0 aliphatic rings. The predicted octanol–water partition coefficient (Wildman–Crippen LogP) is 3.89. The molecule has 0 radical (unpaired) electrons. The molecule has 0 fully saturated rings. The highest BCUT2D eigenvalue weighted by Gasteiger charge is 2.19. The summed E-state index contributed by atoms with van der Waals surface area (Å²) in [6, 6.07) is 2.59. The minimum absolute atomic E-state index is 0.0478. The fourth-order valence-corrected chi connectivity index (χ4v) is 1.91. The number of rotatable bonds is 2. The lowest BCUT2D eigenvalue weighted by Crippen LogP contribution is -2.27. The number of hydrogen-bond donors (Lipinski definition) is 2. The van der Waals surface area contributed by atoms with Crippen LogP contribution < -0.4 is 10.6 Å². The summed E-state index contributed by atoms with van der Waals surface area (Å²) >= 11 is 3.13. The minimum Gasteiger partial charge on any atom is -0.444 e. The molecule has 0 heterocycles. The van der Waals surface area contributed by atoms with Crippen LogP contribution in [0.15, 0.2) is 16.6 Å². The molecule has 7 heteroatoms. The topological polar surface area (TPSA) is 67.4 Å². The second-order valence-corrected chi connectivity index (χ2v) is 5.98. The molecule has 0 aliphatic carbocycles. The van der Waals surface area contributed by atoms with Crippen LogP contribution in [-0.2, 0) is 9.53 Å². The zero-order valence-corrected chi connectivity index (χ0v) is 13.2. The van der Waals surface area contributed by atoms with E-state index in [9.17, 15) is 14.0 Å². The molecule has 0 saturated heterocycles. The van der Waals surface area contributed by atoms with Crippen LogP contribution >= 0.6 is 15.9 Å². The Hall–Kier alpha value is -1.63. The molecular weight excluding hydrogens is 331 g/mol. The predicted molar refractivity (Wildman–Crippen MR) is 78.3 cm³/mol. The molecule has 0 aliphatic heterocycles. The van der Waals surface area contributed by atoms with E-state index in [-0.39, 0.29) is 17.3 Å². The van der Waals surface area contributed by atoms with Gasteiger partial charge in [0.05, 0.1) is 5.69 Å². The molecule has 20 heavy (non-hydrogen) atoms. The lowest BCUT2D eigenvalue weighted by molar-refractivity contribution is -0.114. The van der Waals surface area contributed by atoms with Crippen molar-refractivity contribution in [1.29, 1.82) is 0 Å². The summed E-state index contributed by atoms with van der Waals surface area (Å²) < 4.78 is 19.2. The van der Waals surface area contributed by atoms with E-state index in [1.807, 2.05) is 0 Å². The maximum absolute atomic E-state index is 13.9. The van der Waals surface area contributed by atoms with E-state index in [1.165, 1.54) is 13.0 Å². The smallest absolute Gasteiger partial charge is 0.412 e. The van der Waals surface area contributed by atoms with Gasteiger partial charge in [-0.2, -0.15) is 0 Å². The lowest BCUT2D eigenvalue weighted by Gasteiger charge is -2.20. The summed E-state index contributed by atoms with van der Waals surface area (Å²) in [6.07, 6.45) is -0.760. The van der Waals surface area contributed by atoms with Crippen molar-refractivity contribution in [3.63, 3.8) is 0 Å². The molecule has 0 spiro atoms. The molecule has 2 N–H and O–H groups in total. The summed E-state index contributed by atoms with van der Waals surface area (Å²) in [5.74, 6) is -1.00. The fraction of sp³-hybridized carbons (Fsp3) is 0.385. The second-order valence-electron chi connectivity index (χ2n) is 5.12. The van der Waals surface area contributed by atoms with E-state index in [4.69, 9.17) is 4.74 Å². The number of carbonyl (C=O) groups excluding carboxylic acids is 2. The first-order valence-corrected chi connectivity index (χ1v) is 6.64. The molecule has 1 aromatic carbocycles. The van der Waals surface area contributed by atoms with E-state index in [1.54, 1.807) is 20.8 Å². The Morgan fingerprint density at radius 2 is 1.85 bits per heavy atom. The van der Waals surface area contributed by atoms with Crippen LogP contribution in [0, 0.1) is 5.82 Å². The summed E-state index contributed by atoms with van der Waals surface area (Å²) in [4.78, 5) is 22.5. The minimum atomic E-state index is -0.760. The van der Waals surface area contributed by atoms with Gasteiger partial charge in [0.2, 0.25) is 5.91 Å². The standard InChI is InChI=1S/C13H16BrFN2O3/c1-7(18)16-8-5-9(14)11(10(15)6-8)17-12(19)20-13(2,3)4/h5-6H,1-4H3,(H,16,18)(H,17,19). The maximum Gasteiger partial charge on any atom is 0.412 e. The van der Waals surface area contributed by atoms with Crippen molar-refractivity contribution in [3.8, 4) is 0 Å². The summed E-state index contributed by atoms with van der Waals surface area (Å²) in [5.41, 5.74) is -0.437. The second kappa shape index (κ2) is 6.21. The quantitative estimate of drug-likeness (QED) is 0.853. The van der Waals surface area contributed by atoms with Gasteiger partial charge < -0.3 is 10.1 Å². The number of amides is 2. The van der Waals surface area contributed by atoms with Crippen LogP contribution in [0.1, 0.15) is 27.7 Å². The van der Waals surface area contributed by atoms with Crippen molar-refractivity contribution in [3.05, 3.63) is 22.4 Å². The first kappa shape index (κ1) is 16.4. The molecule has 1 aromatic rings. The van der Waals surface area contributed by atoms with E-state index in [2.05, 4.69) is 26.6 Å². The normalized spacial score (nSPS) is 10.9. The molecule has 110 valence electrons. The first-order valence-electron chi connectivity index (χ1n) is 5.85. The average Bonchev–Trinajstić information content (AvgIpc) is 2.19. The van der Waals surface area contributed by atoms with Gasteiger partial charge in [-0.15, -0.1) is 0 Å². The van der Waals surface area contributed by atoms with Gasteiger partial charge in [0.15, 0.2) is 0 Å². The third-order valence-corrected chi connectivity index (χ3v) is 2.61. The molecule has 0 atom stereocenters. The molecular formula is C13H16BrFN2O3. The van der Waals surface area contributed by atoms with Crippen LogP contribution in [0.2, 0.25) is 0 Å². The number of anilines is 2. The molecule has 0 bridgehead atoms. The molecule has 0 aromatic heterocycles. The number of benzene rings is 1. The van der Waals surface area contributed by atoms with Crippen LogP contribution in [0.25, 0.3) is 0 Å².